The van der Waals surface area contributed by atoms with Gasteiger partial charge in [0.25, 0.3) is 0 Å². The lowest BCUT2D eigenvalue weighted by Crippen LogP contribution is -2.47. The summed E-state index contributed by atoms with van der Waals surface area (Å²) in [5.41, 5.74) is 3.15. The molecular weight excluding hydrogens is 446 g/mol. The number of ether oxygens (including phenoxy) is 1. The van der Waals surface area contributed by atoms with E-state index in [4.69, 9.17) is 4.74 Å². The second kappa shape index (κ2) is 15.6. The lowest BCUT2D eigenvalue weighted by Gasteiger charge is -2.32. The molecule has 0 unspecified atom stereocenters. The summed E-state index contributed by atoms with van der Waals surface area (Å²) in [6, 6.07) is 29.3. The number of aliphatic carboxylic acids is 1. The SMILES string of the molecule is CCCCCCC#C[C@H]([C@H](OCc1ccccc1)C(=O)O)N(Cc1ccccc1)Cc1ccccc1. The maximum absolute atomic E-state index is 12.5. The smallest absolute Gasteiger partial charge is 0.335 e. The van der Waals surface area contributed by atoms with Crippen LogP contribution in [0.2, 0.25) is 0 Å². The van der Waals surface area contributed by atoms with Crippen molar-refractivity contribution in [1.82, 2.24) is 4.90 Å². The summed E-state index contributed by atoms with van der Waals surface area (Å²) in [6.45, 7) is 3.55. The van der Waals surface area contributed by atoms with Crippen LogP contribution in [0.15, 0.2) is 91.0 Å². The highest BCUT2D eigenvalue weighted by atomic mass is 16.5. The van der Waals surface area contributed by atoms with Crippen LogP contribution in [-0.4, -0.2) is 28.1 Å². The number of hydrogen-bond donors (Lipinski definition) is 1. The van der Waals surface area contributed by atoms with Gasteiger partial charge < -0.3 is 9.84 Å². The van der Waals surface area contributed by atoms with Gasteiger partial charge in [-0.15, -0.1) is 5.92 Å². The van der Waals surface area contributed by atoms with Gasteiger partial charge in [-0.2, -0.15) is 0 Å². The molecule has 2 atom stereocenters. The molecule has 36 heavy (non-hydrogen) atoms. The van der Waals surface area contributed by atoms with E-state index in [1.807, 2.05) is 66.7 Å². The number of hydrogen-bond acceptors (Lipinski definition) is 3. The zero-order valence-electron chi connectivity index (χ0n) is 21.2. The number of benzene rings is 3. The first-order valence-corrected chi connectivity index (χ1v) is 12.9. The molecule has 188 valence electrons. The lowest BCUT2D eigenvalue weighted by molar-refractivity contribution is -0.155. The first kappa shape index (κ1) is 27.2. The Morgan fingerprint density at radius 1 is 0.806 bits per heavy atom. The van der Waals surface area contributed by atoms with Crippen molar-refractivity contribution in [1.29, 1.82) is 0 Å². The Morgan fingerprint density at radius 3 is 1.83 bits per heavy atom. The topological polar surface area (TPSA) is 49.8 Å². The molecule has 0 aliphatic carbocycles. The van der Waals surface area contributed by atoms with Crippen molar-refractivity contribution in [3.8, 4) is 11.8 Å². The summed E-state index contributed by atoms with van der Waals surface area (Å²) in [5.74, 6) is 5.62. The molecule has 4 heteroatoms. The normalized spacial score (nSPS) is 12.5. The van der Waals surface area contributed by atoms with E-state index in [1.54, 1.807) is 0 Å². The summed E-state index contributed by atoms with van der Waals surface area (Å²) in [5, 5.41) is 10.3. The summed E-state index contributed by atoms with van der Waals surface area (Å²) < 4.78 is 6.06. The van der Waals surface area contributed by atoms with Gasteiger partial charge in [0.2, 0.25) is 0 Å². The molecule has 0 bridgehead atoms. The van der Waals surface area contributed by atoms with Gasteiger partial charge in [-0.1, -0.05) is 123 Å². The highest BCUT2D eigenvalue weighted by Gasteiger charge is 2.33. The number of rotatable bonds is 14. The van der Waals surface area contributed by atoms with Crippen molar-refractivity contribution >= 4 is 5.97 Å². The second-order valence-electron chi connectivity index (χ2n) is 9.01. The van der Waals surface area contributed by atoms with Crippen LogP contribution in [0, 0.1) is 11.8 Å². The zero-order chi connectivity index (χ0) is 25.4. The Balaban J connectivity index is 1.90. The van der Waals surface area contributed by atoms with Crippen LogP contribution in [0.1, 0.15) is 55.7 Å². The van der Waals surface area contributed by atoms with Gasteiger partial charge >= 0.3 is 5.97 Å². The molecule has 0 saturated heterocycles. The predicted octanol–water partition coefficient (Wildman–Crippen LogP) is 6.70. The van der Waals surface area contributed by atoms with Crippen molar-refractivity contribution < 1.29 is 14.6 Å². The molecular formula is C32H37NO3. The fourth-order valence-electron chi connectivity index (χ4n) is 4.12. The van der Waals surface area contributed by atoms with Crippen LogP contribution < -0.4 is 0 Å². The molecule has 0 heterocycles. The number of carboxylic acids is 1. The van der Waals surface area contributed by atoms with Gasteiger partial charge in [0.1, 0.15) is 6.04 Å². The van der Waals surface area contributed by atoms with Crippen LogP contribution in [0.4, 0.5) is 0 Å². The largest absolute Gasteiger partial charge is 0.479 e. The van der Waals surface area contributed by atoms with E-state index in [0.717, 1.165) is 36.0 Å². The molecule has 3 rings (SSSR count). The highest BCUT2D eigenvalue weighted by Crippen LogP contribution is 2.19. The maximum atomic E-state index is 12.5. The molecule has 3 aromatic rings. The molecule has 0 spiro atoms. The fourth-order valence-corrected chi connectivity index (χ4v) is 4.12. The summed E-state index contributed by atoms with van der Waals surface area (Å²) in [7, 11) is 0. The third-order valence-corrected chi connectivity index (χ3v) is 6.06. The van der Waals surface area contributed by atoms with E-state index < -0.39 is 18.1 Å². The third-order valence-electron chi connectivity index (χ3n) is 6.06. The van der Waals surface area contributed by atoms with Crippen LogP contribution in [-0.2, 0) is 29.2 Å². The maximum Gasteiger partial charge on any atom is 0.335 e. The molecule has 0 radical (unpaired) electrons. The van der Waals surface area contributed by atoms with Crippen molar-refractivity contribution in [2.24, 2.45) is 0 Å². The number of carbonyl (C=O) groups is 1. The van der Waals surface area contributed by atoms with Gasteiger partial charge in [0.05, 0.1) is 6.61 Å². The van der Waals surface area contributed by atoms with Crippen LogP contribution in [0.5, 0.6) is 0 Å². The number of carboxylic acid groups (broad SMARTS) is 1. The minimum atomic E-state index is -1.08. The molecule has 0 fully saturated rings. The van der Waals surface area contributed by atoms with Crippen LogP contribution in [0.3, 0.4) is 0 Å². The second-order valence-corrected chi connectivity index (χ2v) is 9.01. The average molecular weight is 484 g/mol. The van der Waals surface area contributed by atoms with Gasteiger partial charge in [-0.05, 0) is 23.1 Å². The first-order valence-electron chi connectivity index (χ1n) is 12.9. The number of unbranched alkanes of at least 4 members (excludes halogenated alkanes) is 4. The molecule has 3 aromatic carbocycles. The quantitative estimate of drug-likeness (QED) is 0.205. The van der Waals surface area contributed by atoms with Gasteiger partial charge in [-0.3, -0.25) is 4.90 Å². The van der Waals surface area contributed by atoms with Crippen molar-refractivity contribution in [2.75, 3.05) is 0 Å². The Labute approximate surface area is 215 Å². The van der Waals surface area contributed by atoms with Crippen molar-refractivity contribution in [2.45, 2.75) is 70.9 Å². The van der Waals surface area contributed by atoms with Gasteiger partial charge in [0, 0.05) is 19.5 Å². The third kappa shape index (κ3) is 9.34. The van der Waals surface area contributed by atoms with Gasteiger partial charge in [-0.25, -0.2) is 4.79 Å². The monoisotopic (exact) mass is 483 g/mol. The summed E-state index contributed by atoms with van der Waals surface area (Å²) in [6.07, 6.45) is 4.20. The van der Waals surface area contributed by atoms with E-state index in [1.165, 1.54) is 12.8 Å². The Kier molecular flexibility index (Phi) is 11.8. The molecule has 1 N–H and O–H groups in total. The Hall–Kier alpha value is -3.39. The van der Waals surface area contributed by atoms with Crippen molar-refractivity contribution in [3.63, 3.8) is 0 Å². The van der Waals surface area contributed by atoms with E-state index in [-0.39, 0.29) is 6.61 Å². The minimum Gasteiger partial charge on any atom is -0.479 e. The minimum absolute atomic E-state index is 0.219. The standard InChI is InChI=1S/C32H37NO3/c1-2-3-4-5-6-16-23-30(31(32(34)35)36-26-29-21-14-9-15-22-29)33(24-27-17-10-7-11-18-27)25-28-19-12-8-13-20-28/h7-15,17-22,30-31H,2-6,24-26H2,1H3,(H,34,35)/t30-,31+/m1/s1. The molecule has 0 saturated carbocycles. The van der Waals surface area contributed by atoms with Crippen LogP contribution in [0.25, 0.3) is 0 Å². The zero-order valence-corrected chi connectivity index (χ0v) is 21.2. The van der Waals surface area contributed by atoms with E-state index >= 15 is 0 Å². The molecule has 0 aliphatic rings. The molecule has 0 aromatic heterocycles. The molecule has 4 nitrogen and oxygen atoms in total. The summed E-state index contributed by atoms with van der Waals surface area (Å²) in [4.78, 5) is 14.7. The van der Waals surface area contributed by atoms with Crippen molar-refractivity contribution in [3.05, 3.63) is 108 Å². The molecule has 0 aliphatic heterocycles. The average Bonchev–Trinajstić information content (AvgIpc) is 2.91. The highest BCUT2D eigenvalue weighted by molar-refractivity contribution is 5.74. The molecule has 0 amide bonds. The Morgan fingerprint density at radius 2 is 1.33 bits per heavy atom. The fraction of sp³-hybridized carbons (Fsp3) is 0.344. The number of nitrogens with zero attached hydrogens (tertiary/aromatic N) is 1. The summed E-state index contributed by atoms with van der Waals surface area (Å²) >= 11 is 0. The van der Waals surface area contributed by atoms with Crippen LogP contribution >= 0.6 is 0 Å². The lowest BCUT2D eigenvalue weighted by atomic mass is 10.0. The predicted molar refractivity (Wildman–Crippen MR) is 145 cm³/mol. The Bertz CT molecular complexity index is 1030. The van der Waals surface area contributed by atoms with Gasteiger partial charge in [0.15, 0.2) is 6.10 Å². The van der Waals surface area contributed by atoms with E-state index in [2.05, 4.69) is 47.9 Å². The van der Waals surface area contributed by atoms with E-state index in [0.29, 0.717) is 13.1 Å². The first-order chi connectivity index (χ1) is 17.7. The van der Waals surface area contributed by atoms with E-state index in [9.17, 15) is 9.90 Å².